The maximum Gasteiger partial charge on any atom is 0.0396 e. The summed E-state index contributed by atoms with van der Waals surface area (Å²) in [5, 5.41) is 0. The number of piperidine rings is 1. The van der Waals surface area contributed by atoms with Gasteiger partial charge in [0.1, 0.15) is 0 Å². The predicted molar refractivity (Wildman–Crippen MR) is 93.0 cm³/mol. The van der Waals surface area contributed by atoms with Crippen LogP contribution in [0.4, 0.5) is 5.69 Å². The van der Waals surface area contributed by atoms with E-state index in [1.54, 1.807) is 0 Å². The number of nitrogens with two attached hydrogens (primary N) is 1. The molecule has 1 aromatic rings. The van der Waals surface area contributed by atoms with E-state index in [-0.39, 0.29) is 6.04 Å². The molecule has 0 aliphatic carbocycles. The van der Waals surface area contributed by atoms with Gasteiger partial charge in [-0.3, -0.25) is 0 Å². The first kappa shape index (κ1) is 16.4. The molecular weight excluding hydrogens is 256 g/mol. The summed E-state index contributed by atoms with van der Waals surface area (Å²) in [7, 11) is 0. The molecule has 1 aliphatic rings. The number of rotatable bonds is 5. The van der Waals surface area contributed by atoms with Crippen molar-refractivity contribution in [3.05, 3.63) is 29.3 Å². The Morgan fingerprint density at radius 1 is 1.19 bits per heavy atom. The zero-order valence-electron chi connectivity index (χ0n) is 14.3. The van der Waals surface area contributed by atoms with E-state index in [2.05, 4.69) is 50.8 Å². The van der Waals surface area contributed by atoms with Crippen LogP contribution in [0.5, 0.6) is 0 Å². The van der Waals surface area contributed by atoms with Gasteiger partial charge in [-0.05, 0) is 55.7 Å². The van der Waals surface area contributed by atoms with E-state index >= 15 is 0 Å². The highest BCUT2D eigenvalue weighted by Crippen LogP contribution is 2.39. The second-order valence-corrected chi connectivity index (χ2v) is 7.00. The van der Waals surface area contributed by atoms with Crippen LogP contribution in [0.15, 0.2) is 18.2 Å². The fourth-order valence-corrected chi connectivity index (χ4v) is 3.75. The second-order valence-electron chi connectivity index (χ2n) is 7.00. The van der Waals surface area contributed by atoms with Crippen molar-refractivity contribution in [2.24, 2.45) is 11.1 Å². The van der Waals surface area contributed by atoms with E-state index in [1.807, 2.05) is 0 Å². The topological polar surface area (TPSA) is 29.3 Å². The maximum atomic E-state index is 5.91. The highest BCUT2D eigenvalue weighted by atomic mass is 15.1. The third-order valence-electron chi connectivity index (χ3n) is 5.48. The van der Waals surface area contributed by atoms with Gasteiger partial charge in [-0.15, -0.1) is 0 Å². The third kappa shape index (κ3) is 3.79. The van der Waals surface area contributed by atoms with Gasteiger partial charge < -0.3 is 10.6 Å². The van der Waals surface area contributed by atoms with Crippen LogP contribution in [0.2, 0.25) is 0 Å². The smallest absolute Gasteiger partial charge is 0.0396 e. The van der Waals surface area contributed by atoms with Crippen molar-refractivity contribution in [1.82, 2.24) is 0 Å². The van der Waals surface area contributed by atoms with Crippen molar-refractivity contribution in [1.29, 1.82) is 0 Å². The largest absolute Gasteiger partial charge is 0.371 e. The van der Waals surface area contributed by atoms with Crippen molar-refractivity contribution >= 4 is 5.69 Å². The van der Waals surface area contributed by atoms with Crippen molar-refractivity contribution < 1.29 is 0 Å². The number of hydrogen-bond donors (Lipinski definition) is 1. The minimum Gasteiger partial charge on any atom is -0.371 e. The van der Waals surface area contributed by atoms with Gasteiger partial charge >= 0.3 is 0 Å². The molecule has 1 saturated heterocycles. The van der Waals surface area contributed by atoms with Gasteiger partial charge in [0, 0.05) is 24.8 Å². The molecule has 2 N–H and O–H groups in total. The quantitative estimate of drug-likeness (QED) is 0.875. The molecule has 1 aliphatic heterocycles. The van der Waals surface area contributed by atoms with E-state index in [0.717, 1.165) is 6.42 Å². The highest BCUT2D eigenvalue weighted by molar-refractivity contribution is 5.55. The summed E-state index contributed by atoms with van der Waals surface area (Å²) < 4.78 is 0. The molecule has 21 heavy (non-hydrogen) atoms. The van der Waals surface area contributed by atoms with Crippen molar-refractivity contribution in [2.75, 3.05) is 18.0 Å². The molecule has 0 saturated carbocycles. The number of hydrogen-bond acceptors (Lipinski definition) is 2. The Hall–Kier alpha value is -1.02. The molecule has 2 rings (SSSR count). The van der Waals surface area contributed by atoms with Gasteiger partial charge in [-0.1, -0.05) is 38.8 Å². The second kappa shape index (κ2) is 6.83. The fourth-order valence-electron chi connectivity index (χ4n) is 3.75. The summed E-state index contributed by atoms with van der Waals surface area (Å²) in [6.07, 6.45) is 6.28. The summed E-state index contributed by atoms with van der Waals surface area (Å²) >= 11 is 0. The number of anilines is 1. The van der Waals surface area contributed by atoms with Gasteiger partial charge in [-0.2, -0.15) is 0 Å². The maximum absolute atomic E-state index is 5.91. The SMILES string of the molecule is CCC1(CC)CCN(c2ccc(CC(C)N)cc2C)CC1. The average Bonchev–Trinajstić information content (AvgIpc) is 2.47. The Morgan fingerprint density at radius 2 is 1.81 bits per heavy atom. The van der Waals surface area contributed by atoms with Crippen LogP contribution in [0.3, 0.4) is 0 Å². The Kier molecular flexibility index (Phi) is 5.32. The van der Waals surface area contributed by atoms with Crippen LogP contribution in [0.25, 0.3) is 0 Å². The molecule has 2 heteroatoms. The van der Waals surface area contributed by atoms with E-state index in [9.17, 15) is 0 Å². The Balaban J connectivity index is 2.07. The molecule has 2 nitrogen and oxygen atoms in total. The first-order chi connectivity index (χ1) is 9.99. The molecule has 1 heterocycles. The van der Waals surface area contributed by atoms with Crippen LogP contribution in [-0.4, -0.2) is 19.1 Å². The average molecular weight is 288 g/mol. The van der Waals surface area contributed by atoms with Crippen LogP contribution in [0, 0.1) is 12.3 Å². The summed E-state index contributed by atoms with van der Waals surface area (Å²) in [5.41, 5.74) is 10.7. The molecule has 0 amide bonds. The minimum atomic E-state index is 0.236. The molecule has 1 aromatic carbocycles. The minimum absolute atomic E-state index is 0.236. The molecule has 1 atom stereocenters. The highest BCUT2D eigenvalue weighted by Gasteiger charge is 2.31. The monoisotopic (exact) mass is 288 g/mol. The molecule has 0 radical (unpaired) electrons. The Morgan fingerprint density at radius 3 is 2.29 bits per heavy atom. The van der Waals surface area contributed by atoms with Crippen LogP contribution >= 0.6 is 0 Å². The molecule has 0 spiro atoms. The standard InChI is InChI=1S/C19H32N2/c1-5-19(6-2)9-11-21(12-10-19)18-8-7-17(13-15(18)3)14-16(4)20/h7-8,13,16H,5-6,9-12,14,20H2,1-4H3. The fraction of sp³-hybridized carbons (Fsp3) is 0.684. The molecular formula is C19H32N2. The summed E-state index contributed by atoms with van der Waals surface area (Å²) in [6, 6.07) is 7.12. The van der Waals surface area contributed by atoms with Crippen LogP contribution in [0.1, 0.15) is 57.6 Å². The lowest BCUT2D eigenvalue weighted by atomic mass is 9.74. The van der Waals surface area contributed by atoms with E-state index in [4.69, 9.17) is 5.73 Å². The summed E-state index contributed by atoms with van der Waals surface area (Å²) in [5.74, 6) is 0. The number of benzene rings is 1. The van der Waals surface area contributed by atoms with Crippen LogP contribution in [-0.2, 0) is 6.42 Å². The Bertz CT molecular complexity index is 451. The van der Waals surface area contributed by atoms with Gasteiger partial charge in [0.2, 0.25) is 0 Å². The summed E-state index contributed by atoms with van der Waals surface area (Å²) in [6.45, 7) is 11.4. The normalized spacial score (nSPS) is 19.6. The van der Waals surface area contributed by atoms with Crippen LogP contribution < -0.4 is 10.6 Å². The van der Waals surface area contributed by atoms with Crippen molar-refractivity contribution in [3.8, 4) is 0 Å². The van der Waals surface area contributed by atoms with E-state index < -0.39 is 0 Å². The molecule has 1 unspecified atom stereocenters. The predicted octanol–water partition coefficient (Wildman–Crippen LogP) is 4.29. The summed E-state index contributed by atoms with van der Waals surface area (Å²) in [4.78, 5) is 2.58. The lowest BCUT2D eigenvalue weighted by Crippen LogP contribution is -2.39. The van der Waals surface area contributed by atoms with Crippen molar-refractivity contribution in [3.63, 3.8) is 0 Å². The van der Waals surface area contributed by atoms with Gasteiger partial charge in [0.05, 0.1) is 0 Å². The number of aryl methyl sites for hydroxylation is 1. The van der Waals surface area contributed by atoms with Gasteiger partial charge in [-0.25, -0.2) is 0 Å². The van der Waals surface area contributed by atoms with E-state index in [0.29, 0.717) is 5.41 Å². The van der Waals surface area contributed by atoms with Gasteiger partial charge in [0.15, 0.2) is 0 Å². The molecule has 118 valence electrons. The van der Waals surface area contributed by atoms with Crippen molar-refractivity contribution in [2.45, 2.75) is 65.8 Å². The van der Waals surface area contributed by atoms with E-state index in [1.165, 1.54) is 55.6 Å². The Labute approximate surface area is 130 Å². The number of nitrogens with zero attached hydrogens (tertiary/aromatic N) is 1. The zero-order valence-corrected chi connectivity index (χ0v) is 14.3. The molecule has 0 bridgehead atoms. The lowest BCUT2D eigenvalue weighted by molar-refractivity contribution is 0.199. The molecule has 0 aromatic heterocycles. The lowest BCUT2D eigenvalue weighted by Gasteiger charge is -2.42. The first-order valence-electron chi connectivity index (χ1n) is 8.60. The first-order valence-corrected chi connectivity index (χ1v) is 8.60. The third-order valence-corrected chi connectivity index (χ3v) is 5.48. The zero-order chi connectivity index (χ0) is 15.5. The van der Waals surface area contributed by atoms with Gasteiger partial charge in [0.25, 0.3) is 0 Å². The molecule has 1 fully saturated rings.